The number of aromatic nitrogens is 1. The van der Waals surface area contributed by atoms with Gasteiger partial charge in [-0.15, -0.1) is 0 Å². The van der Waals surface area contributed by atoms with Gasteiger partial charge in [-0.2, -0.15) is 0 Å². The van der Waals surface area contributed by atoms with Gasteiger partial charge >= 0.3 is 0 Å². The molecule has 0 saturated heterocycles. The average molecular weight is 257 g/mol. The Morgan fingerprint density at radius 1 is 1.26 bits per heavy atom. The van der Waals surface area contributed by atoms with Gasteiger partial charge in [-0.05, 0) is 49.4 Å². The Morgan fingerprint density at radius 3 is 3.00 bits per heavy atom. The maximum absolute atomic E-state index is 12.0. The topological polar surface area (TPSA) is 56.9 Å². The summed E-state index contributed by atoms with van der Waals surface area (Å²) in [7, 11) is 0. The molecule has 4 nitrogen and oxygen atoms in total. The zero-order valence-corrected chi connectivity index (χ0v) is 10.9. The second-order valence-corrected chi connectivity index (χ2v) is 5.12. The minimum absolute atomic E-state index is 0.00271. The van der Waals surface area contributed by atoms with Crippen LogP contribution in [-0.2, 0) is 0 Å². The van der Waals surface area contributed by atoms with Crippen molar-refractivity contribution in [1.82, 2.24) is 15.6 Å². The minimum atomic E-state index is 0.00271. The Bertz CT molecular complexity index is 572. The molecule has 4 heteroatoms. The number of amides is 1. The summed E-state index contributed by atoms with van der Waals surface area (Å²) >= 11 is 0. The molecular formula is C15H19N3O. The second kappa shape index (κ2) is 5.45. The number of H-pyrrole nitrogens is 1. The van der Waals surface area contributed by atoms with Crippen molar-refractivity contribution < 1.29 is 4.79 Å². The van der Waals surface area contributed by atoms with Crippen LogP contribution < -0.4 is 10.6 Å². The molecule has 19 heavy (non-hydrogen) atoms. The third kappa shape index (κ3) is 3.15. The number of benzene rings is 1. The third-order valence-corrected chi connectivity index (χ3v) is 3.47. The first-order valence-corrected chi connectivity index (χ1v) is 6.92. The van der Waals surface area contributed by atoms with E-state index in [1.165, 1.54) is 12.8 Å². The summed E-state index contributed by atoms with van der Waals surface area (Å²) in [5.74, 6) is 0.00271. The molecule has 1 saturated carbocycles. The average Bonchev–Trinajstić information content (AvgIpc) is 3.13. The molecule has 2 aromatic rings. The maximum atomic E-state index is 12.0. The number of carbonyl (C=O) groups is 1. The predicted octanol–water partition coefficient (Wildman–Crippen LogP) is 2.04. The van der Waals surface area contributed by atoms with Crippen molar-refractivity contribution in [3.8, 4) is 0 Å². The number of nitrogens with one attached hydrogen (secondary N) is 3. The van der Waals surface area contributed by atoms with Crippen molar-refractivity contribution in [1.29, 1.82) is 0 Å². The van der Waals surface area contributed by atoms with E-state index in [1.807, 2.05) is 30.5 Å². The van der Waals surface area contributed by atoms with Crippen LogP contribution >= 0.6 is 0 Å². The monoisotopic (exact) mass is 257 g/mol. The number of fused-ring (bicyclic) bond motifs is 1. The highest BCUT2D eigenvalue weighted by Crippen LogP contribution is 2.18. The van der Waals surface area contributed by atoms with E-state index in [0.29, 0.717) is 5.56 Å². The summed E-state index contributed by atoms with van der Waals surface area (Å²) in [6.45, 7) is 1.71. The Kier molecular flexibility index (Phi) is 3.51. The van der Waals surface area contributed by atoms with E-state index in [2.05, 4.69) is 15.6 Å². The quantitative estimate of drug-likeness (QED) is 0.694. The summed E-state index contributed by atoms with van der Waals surface area (Å²) in [6, 6.07) is 8.47. The van der Waals surface area contributed by atoms with Gasteiger partial charge in [0, 0.05) is 29.9 Å². The number of hydrogen-bond donors (Lipinski definition) is 3. The van der Waals surface area contributed by atoms with Gasteiger partial charge in [-0.3, -0.25) is 4.79 Å². The van der Waals surface area contributed by atoms with Gasteiger partial charge in [0.2, 0.25) is 0 Å². The molecule has 0 bridgehead atoms. The molecule has 0 unspecified atom stereocenters. The highest BCUT2D eigenvalue weighted by molar-refractivity contribution is 5.97. The van der Waals surface area contributed by atoms with Crippen LogP contribution in [-0.4, -0.2) is 30.0 Å². The molecule has 1 aromatic carbocycles. The molecule has 3 rings (SSSR count). The largest absolute Gasteiger partial charge is 0.361 e. The van der Waals surface area contributed by atoms with Crippen LogP contribution in [0.5, 0.6) is 0 Å². The predicted molar refractivity (Wildman–Crippen MR) is 76.3 cm³/mol. The molecule has 1 aliphatic carbocycles. The van der Waals surface area contributed by atoms with E-state index in [0.717, 1.165) is 36.5 Å². The summed E-state index contributed by atoms with van der Waals surface area (Å²) in [4.78, 5) is 15.1. The van der Waals surface area contributed by atoms with Crippen molar-refractivity contribution in [3.63, 3.8) is 0 Å². The summed E-state index contributed by atoms with van der Waals surface area (Å²) < 4.78 is 0. The number of aromatic amines is 1. The molecule has 0 aliphatic heterocycles. The van der Waals surface area contributed by atoms with Crippen LogP contribution in [0.15, 0.2) is 30.5 Å². The van der Waals surface area contributed by atoms with Gasteiger partial charge in [0.15, 0.2) is 0 Å². The Hall–Kier alpha value is -1.81. The van der Waals surface area contributed by atoms with Crippen molar-refractivity contribution in [2.45, 2.75) is 25.3 Å². The lowest BCUT2D eigenvalue weighted by molar-refractivity contribution is 0.0953. The van der Waals surface area contributed by atoms with Crippen molar-refractivity contribution in [2.24, 2.45) is 0 Å². The molecule has 0 radical (unpaired) electrons. The second-order valence-electron chi connectivity index (χ2n) is 5.12. The van der Waals surface area contributed by atoms with Crippen LogP contribution in [0.4, 0.5) is 0 Å². The van der Waals surface area contributed by atoms with Gasteiger partial charge in [0.05, 0.1) is 0 Å². The summed E-state index contributed by atoms with van der Waals surface area (Å²) in [5.41, 5.74) is 1.72. The zero-order valence-electron chi connectivity index (χ0n) is 10.9. The molecule has 0 atom stereocenters. The molecule has 1 aliphatic rings. The van der Waals surface area contributed by atoms with Gasteiger partial charge in [-0.1, -0.05) is 6.07 Å². The zero-order chi connectivity index (χ0) is 13.1. The van der Waals surface area contributed by atoms with Gasteiger partial charge < -0.3 is 15.6 Å². The highest BCUT2D eigenvalue weighted by Gasteiger charge is 2.19. The fourth-order valence-corrected chi connectivity index (χ4v) is 2.18. The summed E-state index contributed by atoms with van der Waals surface area (Å²) in [6.07, 6.45) is 5.48. The molecule has 1 heterocycles. The lowest BCUT2D eigenvalue weighted by atomic mass is 10.1. The van der Waals surface area contributed by atoms with Crippen LogP contribution in [0.1, 0.15) is 29.6 Å². The summed E-state index contributed by atoms with van der Waals surface area (Å²) in [5, 5.41) is 7.52. The number of carbonyl (C=O) groups excluding carboxylic acids is 1. The molecular weight excluding hydrogens is 238 g/mol. The third-order valence-electron chi connectivity index (χ3n) is 3.47. The van der Waals surface area contributed by atoms with Crippen molar-refractivity contribution in [2.75, 3.05) is 13.1 Å². The molecule has 1 aromatic heterocycles. The lowest BCUT2D eigenvalue weighted by Crippen LogP contribution is -2.27. The highest BCUT2D eigenvalue weighted by atomic mass is 16.1. The Morgan fingerprint density at radius 2 is 2.16 bits per heavy atom. The van der Waals surface area contributed by atoms with Crippen molar-refractivity contribution in [3.05, 3.63) is 36.0 Å². The maximum Gasteiger partial charge on any atom is 0.251 e. The molecule has 3 N–H and O–H groups in total. The molecule has 0 spiro atoms. The van der Waals surface area contributed by atoms with Crippen LogP contribution in [0, 0.1) is 0 Å². The minimum Gasteiger partial charge on any atom is -0.361 e. The molecule has 100 valence electrons. The van der Waals surface area contributed by atoms with Crippen LogP contribution in [0.3, 0.4) is 0 Å². The lowest BCUT2D eigenvalue weighted by Gasteiger charge is -2.06. The first-order valence-electron chi connectivity index (χ1n) is 6.92. The Balaban J connectivity index is 1.48. The SMILES string of the molecule is O=C(NCCCNC1CC1)c1ccc2cc[nH]c2c1. The standard InChI is InChI=1S/C15H19N3O/c19-15(18-8-1-7-16-13-4-5-13)12-3-2-11-6-9-17-14(11)10-12/h2-3,6,9-10,13,16-17H,1,4-5,7-8H2,(H,18,19). The fourth-order valence-electron chi connectivity index (χ4n) is 2.18. The first-order chi connectivity index (χ1) is 9.33. The number of rotatable bonds is 6. The van der Waals surface area contributed by atoms with Crippen molar-refractivity contribution >= 4 is 16.8 Å². The van der Waals surface area contributed by atoms with E-state index in [-0.39, 0.29) is 5.91 Å². The fraction of sp³-hybridized carbons (Fsp3) is 0.400. The van der Waals surface area contributed by atoms with Gasteiger partial charge in [0.1, 0.15) is 0 Å². The van der Waals surface area contributed by atoms with Gasteiger partial charge in [-0.25, -0.2) is 0 Å². The van der Waals surface area contributed by atoms with E-state index >= 15 is 0 Å². The van der Waals surface area contributed by atoms with E-state index in [4.69, 9.17) is 0 Å². The van der Waals surface area contributed by atoms with Crippen LogP contribution in [0.25, 0.3) is 10.9 Å². The smallest absolute Gasteiger partial charge is 0.251 e. The Labute approximate surface area is 112 Å². The first kappa shape index (κ1) is 12.2. The van der Waals surface area contributed by atoms with E-state index in [9.17, 15) is 4.79 Å². The van der Waals surface area contributed by atoms with E-state index < -0.39 is 0 Å². The molecule has 1 fully saturated rings. The molecule has 1 amide bonds. The van der Waals surface area contributed by atoms with E-state index in [1.54, 1.807) is 0 Å². The van der Waals surface area contributed by atoms with Gasteiger partial charge in [0.25, 0.3) is 5.91 Å². The number of hydrogen-bond acceptors (Lipinski definition) is 2. The normalized spacial score (nSPS) is 14.7. The van der Waals surface area contributed by atoms with Crippen LogP contribution in [0.2, 0.25) is 0 Å².